The summed E-state index contributed by atoms with van der Waals surface area (Å²) in [5.74, 6) is 0. The number of aryl methyl sites for hydroxylation is 1. The van der Waals surface area contributed by atoms with Crippen molar-refractivity contribution in [2.24, 2.45) is 0 Å². The molecule has 2 heterocycles. The molecule has 1 aromatic heterocycles. The van der Waals surface area contributed by atoms with Crippen molar-refractivity contribution in [3.8, 4) is 0 Å². The number of rotatable bonds is 6. The highest BCUT2D eigenvalue weighted by Crippen LogP contribution is 2.20. The van der Waals surface area contributed by atoms with Crippen molar-refractivity contribution in [2.75, 3.05) is 33.3 Å². The van der Waals surface area contributed by atoms with Crippen LogP contribution in [0.2, 0.25) is 0 Å². The third-order valence-corrected chi connectivity index (χ3v) is 4.95. The average molecular weight is 282 g/mol. The molecule has 0 aromatic carbocycles. The van der Waals surface area contributed by atoms with Gasteiger partial charge in [0.2, 0.25) is 0 Å². The van der Waals surface area contributed by atoms with E-state index in [4.69, 9.17) is 4.74 Å². The zero-order valence-corrected chi connectivity index (χ0v) is 13.1. The molecule has 1 aromatic rings. The van der Waals surface area contributed by atoms with E-state index in [0.29, 0.717) is 12.1 Å². The molecule has 19 heavy (non-hydrogen) atoms. The molecule has 1 fully saturated rings. The van der Waals surface area contributed by atoms with Gasteiger partial charge in [-0.25, -0.2) is 0 Å². The van der Waals surface area contributed by atoms with Crippen molar-refractivity contribution in [1.82, 2.24) is 10.2 Å². The van der Waals surface area contributed by atoms with Crippen LogP contribution in [0.15, 0.2) is 12.1 Å². The lowest BCUT2D eigenvalue weighted by Gasteiger charge is -2.35. The Bertz CT molecular complexity index is 380. The summed E-state index contributed by atoms with van der Waals surface area (Å²) in [5, 5.41) is 3.60. The highest BCUT2D eigenvalue weighted by Gasteiger charge is 2.26. The number of ether oxygens (including phenoxy) is 1. The molecular weight excluding hydrogens is 256 g/mol. The quantitative estimate of drug-likeness (QED) is 0.865. The first-order valence-corrected chi connectivity index (χ1v) is 8.15. The molecular formula is C15H26N2OS. The molecule has 3 nitrogen and oxygen atoms in total. The van der Waals surface area contributed by atoms with E-state index in [0.717, 1.165) is 39.1 Å². The zero-order valence-electron chi connectivity index (χ0n) is 12.3. The third kappa shape index (κ3) is 4.28. The van der Waals surface area contributed by atoms with Crippen LogP contribution in [0.25, 0.3) is 0 Å². The summed E-state index contributed by atoms with van der Waals surface area (Å²) < 4.78 is 5.97. The van der Waals surface area contributed by atoms with E-state index < -0.39 is 0 Å². The lowest BCUT2D eigenvalue weighted by atomic mass is 10.0. The van der Waals surface area contributed by atoms with Gasteiger partial charge in [-0.1, -0.05) is 13.8 Å². The van der Waals surface area contributed by atoms with Crippen molar-refractivity contribution in [3.63, 3.8) is 0 Å². The lowest BCUT2D eigenvalue weighted by Crippen LogP contribution is -2.52. The van der Waals surface area contributed by atoms with E-state index in [1.807, 2.05) is 11.3 Å². The van der Waals surface area contributed by atoms with Gasteiger partial charge >= 0.3 is 0 Å². The highest BCUT2D eigenvalue weighted by atomic mass is 32.1. The Hall–Kier alpha value is -0.420. The number of hydrogen-bond donors (Lipinski definition) is 1. The average Bonchev–Trinajstić information content (AvgIpc) is 2.86. The van der Waals surface area contributed by atoms with Crippen molar-refractivity contribution in [2.45, 2.75) is 38.8 Å². The Labute approximate surface area is 121 Å². The van der Waals surface area contributed by atoms with Crippen molar-refractivity contribution >= 4 is 11.3 Å². The van der Waals surface area contributed by atoms with Gasteiger partial charge in [0.25, 0.3) is 0 Å². The normalized spacial score (nSPS) is 22.6. The van der Waals surface area contributed by atoms with E-state index in [-0.39, 0.29) is 0 Å². The summed E-state index contributed by atoms with van der Waals surface area (Å²) in [6, 6.07) is 4.97. The first-order chi connectivity index (χ1) is 9.22. The fraction of sp³-hybridized carbons (Fsp3) is 0.733. The second-order valence-corrected chi connectivity index (χ2v) is 6.51. The van der Waals surface area contributed by atoms with Gasteiger partial charge in [-0.3, -0.25) is 0 Å². The van der Waals surface area contributed by atoms with Crippen LogP contribution in [0.1, 0.15) is 23.6 Å². The number of nitrogens with zero attached hydrogens (tertiary/aromatic N) is 1. The molecule has 0 saturated carbocycles. The van der Waals surface area contributed by atoms with Gasteiger partial charge in [-0.15, -0.1) is 11.3 Å². The smallest absolute Gasteiger partial charge is 0.0858 e. The van der Waals surface area contributed by atoms with Crippen molar-refractivity contribution in [3.05, 3.63) is 21.9 Å². The van der Waals surface area contributed by atoms with Crippen molar-refractivity contribution in [1.29, 1.82) is 0 Å². The van der Waals surface area contributed by atoms with Gasteiger partial charge in [0.1, 0.15) is 0 Å². The molecule has 4 heteroatoms. The first-order valence-electron chi connectivity index (χ1n) is 7.34. The van der Waals surface area contributed by atoms with E-state index in [9.17, 15) is 0 Å². The number of hydrogen-bond acceptors (Lipinski definition) is 4. The van der Waals surface area contributed by atoms with Gasteiger partial charge in [-0.05, 0) is 38.6 Å². The maximum Gasteiger partial charge on any atom is 0.0858 e. The Balaban J connectivity index is 1.98. The minimum Gasteiger partial charge on any atom is -0.374 e. The van der Waals surface area contributed by atoms with Gasteiger partial charge in [0.05, 0.1) is 12.7 Å². The molecule has 2 atom stereocenters. The predicted molar refractivity (Wildman–Crippen MR) is 82.1 cm³/mol. The molecule has 108 valence electrons. The molecule has 2 unspecified atom stereocenters. The monoisotopic (exact) mass is 282 g/mol. The fourth-order valence-corrected chi connectivity index (χ4v) is 3.61. The number of morpholine rings is 1. The SMILES string of the molecule is CCNC(Cc1ccc(CC)s1)C1CN(C)CCO1. The summed E-state index contributed by atoms with van der Waals surface area (Å²) in [4.78, 5) is 5.32. The molecule has 0 bridgehead atoms. The molecule has 2 rings (SSSR count). The third-order valence-electron chi connectivity index (χ3n) is 3.70. The predicted octanol–water partition coefficient (Wildman–Crippen LogP) is 2.16. The van der Waals surface area contributed by atoms with Crippen molar-refractivity contribution < 1.29 is 4.74 Å². The van der Waals surface area contributed by atoms with Gasteiger partial charge in [0.15, 0.2) is 0 Å². The van der Waals surface area contributed by atoms with Crippen LogP contribution >= 0.6 is 11.3 Å². The van der Waals surface area contributed by atoms with E-state index in [1.54, 1.807) is 0 Å². The Morgan fingerprint density at radius 3 is 2.84 bits per heavy atom. The maximum atomic E-state index is 5.97. The summed E-state index contributed by atoms with van der Waals surface area (Å²) >= 11 is 1.94. The van der Waals surface area contributed by atoms with Gasteiger partial charge < -0.3 is 15.0 Å². The minimum atomic E-state index is 0.311. The van der Waals surface area contributed by atoms with Crippen LogP contribution in [-0.2, 0) is 17.6 Å². The van der Waals surface area contributed by atoms with Gasteiger partial charge in [0, 0.05) is 28.9 Å². The summed E-state index contributed by atoms with van der Waals surface area (Å²) in [6.45, 7) is 8.33. The van der Waals surface area contributed by atoms with E-state index in [1.165, 1.54) is 9.75 Å². The summed E-state index contributed by atoms with van der Waals surface area (Å²) in [7, 11) is 2.18. The molecule has 0 radical (unpaired) electrons. The topological polar surface area (TPSA) is 24.5 Å². The van der Waals surface area contributed by atoms with Crippen LogP contribution in [0, 0.1) is 0 Å². The summed E-state index contributed by atoms with van der Waals surface area (Å²) in [6.07, 6.45) is 2.53. The molecule has 1 aliphatic heterocycles. The largest absolute Gasteiger partial charge is 0.374 e. The molecule has 1 N–H and O–H groups in total. The van der Waals surface area contributed by atoms with E-state index >= 15 is 0 Å². The Kier molecular flexibility index (Phi) is 5.82. The van der Waals surface area contributed by atoms with Crippen LogP contribution in [0.4, 0.5) is 0 Å². The molecule has 1 saturated heterocycles. The number of nitrogens with one attached hydrogen (secondary N) is 1. The zero-order chi connectivity index (χ0) is 13.7. The molecule has 1 aliphatic rings. The molecule has 0 spiro atoms. The fourth-order valence-electron chi connectivity index (χ4n) is 2.59. The number of thiophene rings is 1. The minimum absolute atomic E-state index is 0.311. The maximum absolute atomic E-state index is 5.97. The first kappa shape index (κ1) is 15.0. The second kappa shape index (κ2) is 7.39. The van der Waals surface area contributed by atoms with Crippen LogP contribution < -0.4 is 5.32 Å². The van der Waals surface area contributed by atoms with Crippen LogP contribution in [0.3, 0.4) is 0 Å². The Morgan fingerprint density at radius 1 is 1.42 bits per heavy atom. The van der Waals surface area contributed by atoms with Crippen LogP contribution in [0.5, 0.6) is 0 Å². The standard InChI is InChI=1S/C15H26N2OS/c1-4-12-6-7-13(19-12)10-14(16-5-2)15-11-17(3)8-9-18-15/h6-7,14-16H,4-5,8-11H2,1-3H3. The molecule has 0 amide bonds. The van der Waals surface area contributed by atoms with Crippen LogP contribution in [-0.4, -0.2) is 50.3 Å². The Morgan fingerprint density at radius 2 is 2.21 bits per heavy atom. The lowest BCUT2D eigenvalue weighted by molar-refractivity contribution is -0.0380. The summed E-state index contributed by atoms with van der Waals surface area (Å²) in [5.41, 5.74) is 0. The van der Waals surface area contributed by atoms with Gasteiger partial charge in [-0.2, -0.15) is 0 Å². The highest BCUT2D eigenvalue weighted by molar-refractivity contribution is 7.11. The second-order valence-electron chi connectivity index (χ2n) is 5.26. The molecule has 0 aliphatic carbocycles. The van der Waals surface area contributed by atoms with E-state index in [2.05, 4.69) is 43.2 Å². The number of likely N-dealkylation sites (N-methyl/N-ethyl adjacent to an activating group) is 2.